The highest BCUT2D eigenvalue weighted by Gasteiger charge is 2.37. The van der Waals surface area contributed by atoms with E-state index in [1.165, 1.54) is 0 Å². The van der Waals surface area contributed by atoms with Gasteiger partial charge in [0.2, 0.25) is 0 Å². The number of ether oxygens (including phenoxy) is 1. The molecule has 7 heteroatoms. The number of unbranched alkanes of at least 4 members (excludes halogenated alkanes) is 1. The van der Waals surface area contributed by atoms with Gasteiger partial charge in [0, 0.05) is 12.6 Å². The summed E-state index contributed by atoms with van der Waals surface area (Å²) in [5.41, 5.74) is -0.940. The van der Waals surface area contributed by atoms with Gasteiger partial charge in [0.05, 0.1) is 6.42 Å². The predicted octanol–water partition coefficient (Wildman–Crippen LogP) is 3.21. The summed E-state index contributed by atoms with van der Waals surface area (Å²) < 4.78 is 5.26. The lowest BCUT2D eigenvalue weighted by Gasteiger charge is -2.39. The van der Waals surface area contributed by atoms with Crippen molar-refractivity contribution in [2.24, 2.45) is 5.41 Å². The van der Waals surface area contributed by atoms with E-state index in [2.05, 4.69) is 23.3 Å². The average molecular weight is 375 g/mol. The molecule has 0 heterocycles. The molecule has 0 aromatic rings. The average Bonchev–Trinajstić information content (AvgIpc) is 2.49. The first-order valence-electron chi connectivity index (χ1n) is 9.19. The fourth-order valence-electron chi connectivity index (χ4n) is 3.29. The van der Waals surface area contributed by atoms with Gasteiger partial charge < -0.3 is 20.5 Å². The molecule has 0 saturated heterocycles. The first-order valence-corrected chi connectivity index (χ1v) is 9.82. The van der Waals surface area contributed by atoms with Gasteiger partial charge in [-0.05, 0) is 77.0 Å². The number of carboxylic acids is 1. The number of carbonyl (C=O) groups excluding carboxylic acids is 1. The molecule has 0 unspecified atom stereocenters. The van der Waals surface area contributed by atoms with Crippen molar-refractivity contribution in [2.45, 2.75) is 77.4 Å². The highest BCUT2D eigenvalue weighted by atomic mass is 32.1. The maximum absolute atomic E-state index is 11.9. The normalized spacial score (nSPS) is 23.9. The summed E-state index contributed by atoms with van der Waals surface area (Å²) in [6.07, 6.45) is 5.26. The van der Waals surface area contributed by atoms with Crippen molar-refractivity contribution in [2.75, 3.05) is 18.8 Å². The van der Waals surface area contributed by atoms with E-state index in [4.69, 9.17) is 4.74 Å². The van der Waals surface area contributed by atoms with Crippen molar-refractivity contribution in [3.8, 4) is 0 Å². The van der Waals surface area contributed by atoms with Gasteiger partial charge in [0.25, 0.3) is 0 Å². The Balaban J connectivity index is 2.49. The summed E-state index contributed by atoms with van der Waals surface area (Å²) in [5, 5.41) is 15.6. The molecule has 1 amide bonds. The van der Waals surface area contributed by atoms with E-state index in [1.807, 2.05) is 20.8 Å². The third kappa shape index (κ3) is 9.35. The van der Waals surface area contributed by atoms with Crippen LogP contribution in [-0.2, 0) is 9.53 Å². The van der Waals surface area contributed by atoms with Crippen LogP contribution in [0.1, 0.15) is 65.7 Å². The molecule has 6 nitrogen and oxygen atoms in total. The molecule has 1 aliphatic rings. The molecule has 1 fully saturated rings. The molecule has 0 aromatic carbocycles. The summed E-state index contributed by atoms with van der Waals surface area (Å²) in [6.45, 7) is 6.76. The van der Waals surface area contributed by atoms with Crippen LogP contribution in [0.5, 0.6) is 0 Å². The summed E-state index contributed by atoms with van der Waals surface area (Å²) in [7, 11) is 0. The quantitative estimate of drug-likeness (QED) is 0.368. The van der Waals surface area contributed by atoms with E-state index in [-0.39, 0.29) is 11.8 Å². The Morgan fingerprint density at radius 3 is 2.40 bits per heavy atom. The minimum absolute atomic E-state index is 0.0785. The van der Waals surface area contributed by atoms with Gasteiger partial charge in [0.1, 0.15) is 5.60 Å². The number of carbonyl (C=O) groups is 2. The summed E-state index contributed by atoms with van der Waals surface area (Å²) in [4.78, 5) is 23.2. The minimum atomic E-state index is -0.814. The molecule has 0 atom stereocenters. The van der Waals surface area contributed by atoms with Crippen molar-refractivity contribution in [1.82, 2.24) is 10.6 Å². The lowest BCUT2D eigenvalue weighted by Crippen LogP contribution is -2.46. The van der Waals surface area contributed by atoms with Crippen LogP contribution in [0.2, 0.25) is 0 Å². The van der Waals surface area contributed by atoms with E-state index < -0.39 is 17.7 Å². The Hall–Kier alpha value is -0.950. The van der Waals surface area contributed by atoms with Crippen LogP contribution in [-0.4, -0.2) is 47.7 Å². The van der Waals surface area contributed by atoms with Crippen molar-refractivity contribution in [1.29, 1.82) is 0 Å². The Morgan fingerprint density at radius 2 is 1.88 bits per heavy atom. The Labute approximate surface area is 156 Å². The van der Waals surface area contributed by atoms with E-state index in [0.29, 0.717) is 12.6 Å². The van der Waals surface area contributed by atoms with Gasteiger partial charge in [-0.3, -0.25) is 4.79 Å². The first kappa shape index (κ1) is 22.1. The minimum Gasteiger partial charge on any atom is -0.481 e. The van der Waals surface area contributed by atoms with Crippen LogP contribution < -0.4 is 10.6 Å². The van der Waals surface area contributed by atoms with Gasteiger partial charge in [-0.15, -0.1) is 0 Å². The zero-order valence-electron chi connectivity index (χ0n) is 15.8. The second kappa shape index (κ2) is 10.3. The molecule has 1 saturated carbocycles. The highest BCUT2D eigenvalue weighted by Crippen LogP contribution is 2.39. The predicted molar refractivity (Wildman–Crippen MR) is 102 cm³/mol. The molecule has 0 aromatic heterocycles. The highest BCUT2D eigenvalue weighted by molar-refractivity contribution is 7.80. The number of amides is 1. The number of aliphatic carboxylic acids is 1. The van der Waals surface area contributed by atoms with Crippen molar-refractivity contribution < 1.29 is 19.4 Å². The van der Waals surface area contributed by atoms with Crippen LogP contribution in [0, 0.1) is 5.41 Å². The molecule has 25 heavy (non-hydrogen) atoms. The molecule has 146 valence electrons. The Bertz CT molecular complexity index is 429. The first-order chi connectivity index (χ1) is 11.7. The summed E-state index contributed by atoms with van der Waals surface area (Å²) in [5.74, 6) is 0.0934. The zero-order chi connectivity index (χ0) is 18.9. The Kier molecular flexibility index (Phi) is 9.07. The molecular formula is C18H34N2O4S. The number of hydrogen-bond acceptors (Lipinski definition) is 5. The van der Waals surface area contributed by atoms with Crippen LogP contribution in [0.4, 0.5) is 4.79 Å². The fraction of sp³-hybridized carbons (Fsp3) is 0.889. The molecule has 3 N–H and O–H groups in total. The SMILES string of the molecule is CC(C)(C)OC(=O)NCC1(CC(=O)O)CCC(NCCCCS)CC1. The van der Waals surface area contributed by atoms with Gasteiger partial charge in [0.15, 0.2) is 0 Å². The Morgan fingerprint density at radius 1 is 1.24 bits per heavy atom. The molecular weight excluding hydrogens is 340 g/mol. The van der Waals surface area contributed by atoms with Gasteiger partial charge in [-0.2, -0.15) is 12.6 Å². The molecule has 1 aliphatic carbocycles. The standard InChI is InChI=1S/C18H34N2O4S/c1-17(2,3)24-16(23)20-13-18(12-15(21)22)8-6-14(7-9-18)19-10-4-5-11-25/h14,19,25H,4-13H2,1-3H3,(H,20,23)(H,21,22). The summed E-state index contributed by atoms with van der Waals surface area (Å²) in [6, 6.07) is 0.434. The number of hydrogen-bond donors (Lipinski definition) is 4. The molecule has 1 rings (SSSR count). The maximum atomic E-state index is 11.9. The van der Waals surface area contributed by atoms with E-state index in [9.17, 15) is 14.7 Å². The third-order valence-electron chi connectivity index (χ3n) is 4.60. The van der Waals surface area contributed by atoms with Crippen LogP contribution in [0.3, 0.4) is 0 Å². The lowest BCUT2D eigenvalue weighted by atomic mass is 9.70. The topological polar surface area (TPSA) is 87.7 Å². The van der Waals surface area contributed by atoms with Gasteiger partial charge in [-0.1, -0.05) is 0 Å². The maximum Gasteiger partial charge on any atom is 0.407 e. The van der Waals surface area contributed by atoms with E-state index in [0.717, 1.165) is 50.8 Å². The number of alkyl carbamates (subject to hydrolysis) is 1. The summed E-state index contributed by atoms with van der Waals surface area (Å²) >= 11 is 4.21. The smallest absolute Gasteiger partial charge is 0.407 e. The number of rotatable bonds is 9. The van der Waals surface area contributed by atoms with Crippen LogP contribution in [0.15, 0.2) is 0 Å². The van der Waals surface area contributed by atoms with Crippen LogP contribution in [0.25, 0.3) is 0 Å². The number of thiol groups is 1. The zero-order valence-corrected chi connectivity index (χ0v) is 16.7. The van der Waals surface area contributed by atoms with E-state index in [1.54, 1.807) is 0 Å². The van der Waals surface area contributed by atoms with Crippen molar-refractivity contribution >= 4 is 24.7 Å². The largest absolute Gasteiger partial charge is 0.481 e. The molecule has 0 radical (unpaired) electrons. The van der Waals surface area contributed by atoms with Crippen LogP contribution >= 0.6 is 12.6 Å². The van der Waals surface area contributed by atoms with Crippen molar-refractivity contribution in [3.63, 3.8) is 0 Å². The monoisotopic (exact) mass is 374 g/mol. The lowest BCUT2D eigenvalue weighted by molar-refractivity contribution is -0.140. The van der Waals surface area contributed by atoms with Gasteiger partial charge >= 0.3 is 12.1 Å². The van der Waals surface area contributed by atoms with E-state index >= 15 is 0 Å². The fourth-order valence-corrected chi connectivity index (χ4v) is 3.51. The van der Waals surface area contributed by atoms with Crippen molar-refractivity contribution in [3.05, 3.63) is 0 Å². The molecule has 0 bridgehead atoms. The molecule has 0 spiro atoms. The second-order valence-corrected chi connectivity index (χ2v) is 8.53. The molecule has 0 aliphatic heterocycles. The van der Waals surface area contributed by atoms with Gasteiger partial charge in [-0.25, -0.2) is 4.79 Å². The number of carboxylic acid groups (broad SMARTS) is 1. The third-order valence-corrected chi connectivity index (χ3v) is 4.91. The number of nitrogens with one attached hydrogen (secondary N) is 2. The second-order valence-electron chi connectivity index (χ2n) is 8.09.